The van der Waals surface area contributed by atoms with Crippen LogP contribution in [0.25, 0.3) is 10.1 Å². The van der Waals surface area contributed by atoms with Crippen LogP contribution in [0.2, 0.25) is 0 Å². The summed E-state index contributed by atoms with van der Waals surface area (Å²) in [4.78, 5) is 1.11. The number of rotatable bonds is 1. The quantitative estimate of drug-likeness (QED) is 0.666. The Morgan fingerprint density at radius 1 is 1.42 bits per heavy atom. The van der Waals surface area contributed by atoms with Gasteiger partial charge < -0.3 is 0 Å². The second kappa shape index (κ2) is 3.07. The second-order valence-electron chi connectivity index (χ2n) is 2.53. The van der Waals surface area contributed by atoms with E-state index in [-0.39, 0.29) is 5.82 Å². The molecule has 0 N–H and O–H groups in total. The SMILES string of the molecule is Fc1cccc2cc(CS)sc12. The van der Waals surface area contributed by atoms with Crippen LogP contribution in [0.15, 0.2) is 24.3 Å². The van der Waals surface area contributed by atoms with Gasteiger partial charge in [0.1, 0.15) is 5.82 Å². The molecule has 0 nitrogen and oxygen atoms in total. The van der Waals surface area contributed by atoms with E-state index in [1.165, 1.54) is 17.4 Å². The van der Waals surface area contributed by atoms with Crippen LogP contribution in [0.1, 0.15) is 4.88 Å². The number of thiol groups is 1. The van der Waals surface area contributed by atoms with Gasteiger partial charge in [-0.25, -0.2) is 4.39 Å². The first kappa shape index (κ1) is 8.08. The molecule has 0 saturated heterocycles. The molecule has 0 spiro atoms. The van der Waals surface area contributed by atoms with Gasteiger partial charge in [-0.3, -0.25) is 0 Å². The maximum Gasteiger partial charge on any atom is 0.140 e. The van der Waals surface area contributed by atoms with Gasteiger partial charge >= 0.3 is 0 Å². The van der Waals surface area contributed by atoms with Crippen molar-refractivity contribution in [3.63, 3.8) is 0 Å². The van der Waals surface area contributed by atoms with Gasteiger partial charge in [-0.15, -0.1) is 11.3 Å². The van der Waals surface area contributed by atoms with Gasteiger partial charge in [0.2, 0.25) is 0 Å². The lowest BCUT2D eigenvalue weighted by atomic mass is 10.2. The van der Waals surface area contributed by atoms with Crippen LogP contribution >= 0.6 is 24.0 Å². The van der Waals surface area contributed by atoms with Crippen molar-refractivity contribution in [2.24, 2.45) is 0 Å². The van der Waals surface area contributed by atoms with Gasteiger partial charge in [0.05, 0.1) is 4.70 Å². The van der Waals surface area contributed by atoms with Crippen LogP contribution < -0.4 is 0 Å². The molecule has 1 aromatic heterocycles. The summed E-state index contributed by atoms with van der Waals surface area (Å²) in [5.74, 6) is 0.546. The average Bonchev–Trinajstić information content (AvgIpc) is 2.49. The third-order valence-electron chi connectivity index (χ3n) is 1.70. The molecule has 62 valence electrons. The zero-order valence-corrected chi connectivity index (χ0v) is 7.96. The molecule has 0 atom stereocenters. The molecule has 0 bridgehead atoms. The number of benzene rings is 1. The van der Waals surface area contributed by atoms with E-state index >= 15 is 0 Å². The van der Waals surface area contributed by atoms with E-state index in [4.69, 9.17) is 0 Å². The molecule has 12 heavy (non-hydrogen) atoms. The lowest BCUT2D eigenvalue weighted by Crippen LogP contribution is -1.69. The lowest BCUT2D eigenvalue weighted by Gasteiger charge is -1.88. The molecule has 0 saturated carbocycles. The van der Waals surface area contributed by atoms with Crippen molar-refractivity contribution in [3.05, 3.63) is 35.0 Å². The van der Waals surface area contributed by atoms with Crippen molar-refractivity contribution in [1.29, 1.82) is 0 Å². The van der Waals surface area contributed by atoms with Gasteiger partial charge in [0.25, 0.3) is 0 Å². The summed E-state index contributed by atoms with van der Waals surface area (Å²) in [6, 6.07) is 7.12. The highest BCUT2D eigenvalue weighted by molar-refractivity contribution is 7.79. The fourth-order valence-corrected chi connectivity index (χ4v) is 2.37. The highest BCUT2D eigenvalue weighted by Crippen LogP contribution is 2.28. The van der Waals surface area contributed by atoms with Gasteiger partial charge in [-0.2, -0.15) is 12.6 Å². The number of thiophene rings is 1. The zero-order valence-electron chi connectivity index (χ0n) is 6.25. The largest absolute Gasteiger partial charge is 0.205 e. The molecule has 0 aliphatic rings. The van der Waals surface area contributed by atoms with Crippen molar-refractivity contribution in [1.82, 2.24) is 0 Å². The Balaban J connectivity index is 2.74. The maximum atomic E-state index is 13.1. The van der Waals surface area contributed by atoms with Gasteiger partial charge in [-0.1, -0.05) is 12.1 Å². The zero-order chi connectivity index (χ0) is 8.55. The van der Waals surface area contributed by atoms with Crippen LogP contribution in [0, 0.1) is 5.82 Å². The van der Waals surface area contributed by atoms with Gasteiger partial charge in [-0.05, 0) is 17.5 Å². The number of hydrogen-bond acceptors (Lipinski definition) is 2. The molecule has 0 aliphatic carbocycles. The molecular formula is C9H7FS2. The monoisotopic (exact) mass is 198 g/mol. The number of halogens is 1. The van der Waals surface area contributed by atoms with Crippen LogP contribution in [0.5, 0.6) is 0 Å². The Labute approximate surface area is 79.4 Å². The normalized spacial score (nSPS) is 10.8. The molecule has 2 aromatic rings. The van der Waals surface area contributed by atoms with E-state index < -0.39 is 0 Å². The van der Waals surface area contributed by atoms with E-state index in [9.17, 15) is 4.39 Å². The minimum Gasteiger partial charge on any atom is -0.205 e. The minimum absolute atomic E-state index is 0.134. The van der Waals surface area contributed by atoms with Crippen molar-refractivity contribution < 1.29 is 4.39 Å². The second-order valence-corrected chi connectivity index (χ2v) is 3.98. The van der Waals surface area contributed by atoms with Crippen LogP contribution in [0.3, 0.4) is 0 Å². The van der Waals surface area contributed by atoms with Crippen LogP contribution in [-0.4, -0.2) is 0 Å². The first-order valence-electron chi connectivity index (χ1n) is 3.59. The molecular weight excluding hydrogens is 191 g/mol. The predicted molar refractivity (Wildman–Crippen MR) is 54.5 cm³/mol. The topological polar surface area (TPSA) is 0 Å². The van der Waals surface area contributed by atoms with Gasteiger partial charge in [0, 0.05) is 10.6 Å². The lowest BCUT2D eigenvalue weighted by molar-refractivity contribution is 0.642. The maximum absolute atomic E-state index is 13.1. The Morgan fingerprint density at radius 3 is 2.92 bits per heavy atom. The highest BCUT2D eigenvalue weighted by Gasteiger charge is 2.03. The van der Waals surface area contributed by atoms with Crippen LogP contribution in [0.4, 0.5) is 4.39 Å². The Morgan fingerprint density at radius 2 is 2.25 bits per heavy atom. The molecule has 0 unspecified atom stereocenters. The van der Waals surface area contributed by atoms with Crippen molar-refractivity contribution in [3.8, 4) is 0 Å². The van der Waals surface area contributed by atoms with Crippen molar-refractivity contribution >= 4 is 34.1 Å². The van der Waals surface area contributed by atoms with E-state index in [1.807, 2.05) is 12.1 Å². The molecule has 0 fully saturated rings. The summed E-state index contributed by atoms with van der Waals surface area (Å²) in [7, 11) is 0. The van der Waals surface area contributed by atoms with Gasteiger partial charge in [0.15, 0.2) is 0 Å². The third-order valence-corrected chi connectivity index (χ3v) is 3.42. The first-order chi connectivity index (χ1) is 5.81. The third kappa shape index (κ3) is 1.23. The smallest absolute Gasteiger partial charge is 0.140 e. The van der Waals surface area contributed by atoms with Crippen molar-refractivity contribution in [2.75, 3.05) is 0 Å². The fraction of sp³-hybridized carbons (Fsp3) is 0.111. The minimum atomic E-state index is -0.134. The first-order valence-corrected chi connectivity index (χ1v) is 5.04. The summed E-state index contributed by atoms with van der Waals surface area (Å²) in [5.41, 5.74) is 0. The standard InChI is InChI=1S/C9H7FS2/c10-8-3-1-2-6-4-7(5-11)12-9(6)8/h1-4,11H,5H2. The Bertz CT molecular complexity index is 406. The van der Waals surface area contributed by atoms with E-state index in [0.717, 1.165) is 15.0 Å². The van der Waals surface area contributed by atoms with Crippen LogP contribution in [-0.2, 0) is 5.75 Å². The van der Waals surface area contributed by atoms with E-state index in [2.05, 4.69) is 12.6 Å². The average molecular weight is 198 g/mol. The van der Waals surface area contributed by atoms with Crippen molar-refractivity contribution in [2.45, 2.75) is 5.75 Å². The summed E-state index contributed by atoms with van der Waals surface area (Å²) in [6.07, 6.45) is 0. The van der Waals surface area contributed by atoms with E-state index in [0.29, 0.717) is 5.75 Å². The summed E-state index contributed by atoms with van der Waals surface area (Å²) < 4.78 is 13.9. The molecule has 1 heterocycles. The molecule has 0 radical (unpaired) electrons. The molecule has 3 heteroatoms. The Kier molecular flexibility index (Phi) is 2.07. The number of fused-ring (bicyclic) bond motifs is 1. The van der Waals surface area contributed by atoms with E-state index in [1.54, 1.807) is 6.07 Å². The molecule has 0 aliphatic heterocycles. The summed E-state index contributed by atoms with van der Waals surface area (Å²) >= 11 is 5.62. The summed E-state index contributed by atoms with van der Waals surface area (Å²) in [5, 5.41) is 0.976. The molecule has 2 rings (SSSR count). The number of hydrogen-bond donors (Lipinski definition) is 1. The fourth-order valence-electron chi connectivity index (χ4n) is 1.16. The Hall–Kier alpha value is -0.540. The predicted octanol–water partition coefficient (Wildman–Crippen LogP) is 3.47. The molecule has 1 aromatic carbocycles. The highest BCUT2D eigenvalue weighted by atomic mass is 32.1. The molecule has 0 amide bonds. The summed E-state index contributed by atoms with van der Waals surface area (Å²) in [6.45, 7) is 0.